The Labute approximate surface area is 104 Å². The van der Waals surface area contributed by atoms with Crippen LogP contribution in [0.15, 0.2) is 24.4 Å². The van der Waals surface area contributed by atoms with E-state index >= 15 is 0 Å². The molecule has 0 fully saturated rings. The van der Waals surface area contributed by atoms with Gasteiger partial charge in [-0.25, -0.2) is 0 Å². The van der Waals surface area contributed by atoms with Crippen molar-refractivity contribution in [2.45, 2.75) is 5.92 Å². The number of hydrogen-bond acceptors (Lipinski definition) is 2. The van der Waals surface area contributed by atoms with Crippen LogP contribution in [0.2, 0.25) is 5.02 Å². The van der Waals surface area contributed by atoms with Gasteiger partial charge in [0, 0.05) is 25.2 Å². The maximum Gasteiger partial charge on any atom is 0.312 e. The van der Waals surface area contributed by atoms with E-state index in [9.17, 15) is 4.79 Å². The number of nitrogens with two attached hydrogens (primary N) is 1. The van der Waals surface area contributed by atoms with Gasteiger partial charge in [-0.3, -0.25) is 4.79 Å². The van der Waals surface area contributed by atoms with Gasteiger partial charge in [0.2, 0.25) is 0 Å². The Bertz CT molecular complexity index is 577. The summed E-state index contributed by atoms with van der Waals surface area (Å²) in [5.74, 6) is -1.62. The molecule has 17 heavy (non-hydrogen) atoms. The van der Waals surface area contributed by atoms with Crippen molar-refractivity contribution >= 4 is 28.5 Å². The van der Waals surface area contributed by atoms with E-state index in [0.717, 1.165) is 10.9 Å². The molecular weight excluding hydrogens is 240 g/mol. The molecule has 0 saturated heterocycles. The van der Waals surface area contributed by atoms with Gasteiger partial charge in [-0.15, -0.1) is 0 Å². The largest absolute Gasteiger partial charge is 0.481 e. The molecule has 0 spiro atoms. The second-order valence-electron chi connectivity index (χ2n) is 3.96. The predicted molar refractivity (Wildman–Crippen MR) is 67.4 cm³/mol. The summed E-state index contributed by atoms with van der Waals surface area (Å²) in [5, 5.41) is 10.6. The second kappa shape index (κ2) is 4.39. The van der Waals surface area contributed by atoms with Crippen molar-refractivity contribution in [2.75, 3.05) is 6.54 Å². The van der Waals surface area contributed by atoms with Crippen molar-refractivity contribution < 1.29 is 9.90 Å². The van der Waals surface area contributed by atoms with Gasteiger partial charge < -0.3 is 15.4 Å². The Morgan fingerprint density at radius 2 is 2.29 bits per heavy atom. The summed E-state index contributed by atoms with van der Waals surface area (Å²) in [7, 11) is 1.84. The van der Waals surface area contributed by atoms with Gasteiger partial charge in [-0.2, -0.15) is 0 Å². The van der Waals surface area contributed by atoms with E-state index in [1.54, 1.807) is 18.3 Å². The number of aromatic nitrogens is 1. The summed E-state index contributed by atoms with van der Waals surface area (Å²) < 4.78 is 1.83. The molecule has 1 aromatic carbocycles. The molecule has 1 unspecified atom stereocenters. The normalized spacial score (nSPS) is 12.9. The quantitative estimate of drug-likeness (QED) is 0.877. The number of aryl methyl sites for hydroxylation is 1. The van der Waals surface area contributed by atoms with Crippen LogP contribution in [0.3, 0.4) is 0 Å². The molecule has 0 aliphatic heterocycles. The molecule has 0 saturated carbocycles. The molecule has 0 aliphatic rings. The van der Waals surface area contributed by atoms with Gasteiger partial charge in [0.1, 0.15) is 0 Å². The van der Waals surface area contributed by atoms with E-state index in [1.807, 2.05) is 17.7 Å². The van der Waals surface area contributed by atoms with Crippen LogP contribution in [0, 0.1) is 0 Å². The molecule has 1 atom stereocenters. The lowest BCUT2D eigenvalue weighted by Gasteiger charge is -2.12. The van der Waals surface area contributed by atoms with E-state index in [2.05, 4.69) is 0 Å². The Morgan fingerprint density at radius 3 is 2.88 bits per heavy atom. The van der Waals surface area contributed by atoms with Gasteiger partial charge in [-0.05, 0) is 5.56 Å². The zero-order valence-corrected chi connectivity index (χ0v) is 10.1. The second-order valence-corrected chi connectivity index (χ2v) is 4.37. The number of fused-ring (bicyclic) bond motifs is 1. The molecule has 0 radical (unpaired) electrons. The fourth-order valence-electron chi connectivity index (χ4n) is 2.09. The fourth-order valence-corrected chi connectivity index (χ4v) is 2.39. The number of rotatable bonds is 3. The summed E-state index contributed by atoms with van der Waals surface area (Å²) in [6.07, 6.45) is 1.77. The van der Waals surface area contributed by atoms with Gasteiger partial charge in [0.15, 0.2) is 0 Å². The summed E-state index contributed by atoms with van der Waals surface area (Å²) in [6.45, 7) is 0.0667. The molecule has 0 amide bonds. The monoisotopic (exact) mass is 252 g/mol. The molecule has 2 aromatic rings. The van der Waals surface area contributed by atoms with Crippen molar-refractivity contribution in [3.8, 4) is 0 Å². The minimum atomic E-state index is -0.919. The predicted octanol–water partition coefficient (Wildman–Crippen LogP) is 1.96. The van der Waals surface area contributed by atoms with Crippen molar-refractivity contribution in [1.29, 1.82) is 0 Å². The number of carbonyl (C=O) groups is 1. The Balaban J connectivity index is 2.73. The first-order valence-electron chi connectivity index (χ1n) is 5.22. The van der Waals surface area contributed by atoms with Crippen molar-refractivity contribution in [1.82, 2.24) is 4.57 Å². The van der Waals surface area contributed by atoms with Gasteiger partial charge in [-0.1, -0.05) is 29.8 Å². The van der Waals surface area contributed by atoms with Crippen LogP contribution < -0.4 is 5.73 Å². The first-order valence-corrected chi connectivity index (χ1v) is 5.60. The number of hydrogen-bond donors (Lipinski definition) is 2. The van der Waals surface area contributed by atoms with E-state index in [0.29, 0.717) is 10.6 Å². The summed E-state index contributed by atoms with van der Waals surface area (Å²) in [4.78, 5) is 11.2. The highest BCUT2D eigenvalue weighted by atomic mass is 35.5. The number of nitrogens with zero attached hydrogens (tertiary/aromatic N) is 1. The van der Waals surface area contributed by atoms with Gasteiger partial charge in [0.25, 0.3) is 0 Å². The van der Waals surface area contributed by atoms with Crippen LogP contribution in [-0.4, -0.2) is 22.2 Å². The molecule has 4 nitrogen and oxygen atoms in total. The number of benzene rings is 1. The van der Waals surface area contributed by atoms with E-state index < -0.39 is 11.9 Å². The SMILES string of the molecule is Cn1cc(Cl)c2cccc(C(CN)C(=O)O)c21. The molecule has 0 bridgehead atoms. The van der Waals surface area contributed by atoms with E-state index in [1.165, 1.54) is 0 Å². The Morgan fingerprint density at radius 1 is 1.59 bits per heavy atom. The molecule has 2 rings (SSSR count). The highest BCUT2D eigenvalue weighted by Gasteiger charge is 2.22. The van der Waals surface area contributed by atoms with Crippen molar-refractivity contribution in [3.63, 3.8) is 0 Å². The number of halogens is 1. The topological polar surface area (TPSA) is 68.2 Å². The minimum Gasteiger partial charge on any atom is -0.481 e. The molecule has 0 aliphatic carbocycles. The first kappa shape index (κ1) is 12.0. The van der Waals surface area contributed by atoms with Crippen LogP contribution >= 0.6 is 11.6 Å². The lowest BCUT2D eigenvalue weighted by atomic mass is 9.97. The number of para-hydroxylation sites is 1. The zero-order chi connectivity index (χ0) is 12.6. The standard InChI is InChI=1S/C12H13ClN2O2/c1-15-6-10(13)8-4-2-3-7(11(8)15)9(5-14)12(16)17/h2-4,6,9H,5,14H2,1H3,(H,16,17). The smallest absolute Gasteiger partial charge is 0.312 e. The number of carboxylic acid groups (broad SMARTS) is 1. The zero-order valence-electron chi connectivity index (χ0n) is 9.35. The lowest BCUT2D eigenvalue weighted by molar-refractivity contribution is -0.138. The molecule has 5 heteroatoms. The molecular formula is C12H13ClN2O2. The van der Waals surface area contributed by atoms with Crippen LogP contribution in [0.25, 0.3) is 10.9 Å². The van der Waals surface area contributed by atoms with Crippen LogP contribution in [0.5, 0.6) is 0 Å². The van der Waals surface area contributed by atoms with Gasteiger partial charge in [0.05, 0.1) is 16.5 Å². The third kappa shape index (κ3) is 1.90. The Hall–Kier alpha value is -1.52. The molecule has 1 aromatic heterocycles. The Kier molecular flexibility index (Phi) is 3.09. The maximum atomic E-state index is 11.2. The lowest BCUT2D eigenvalue weighted by Crippen LogP contribution is -2.21. The average molecular weight is 253 g/mol. The minimum absolute atomic E-state index is 0.0667. The molecule has 90 valence electrons. The van der Waals surface area contributed by atoms with Crippen molar-refractivity contribution in [2.24, 2.45) is 12.8 Å². The summed E-state index contributed by atoms with van der Waals surface area (Å²) in [6, 6.07) is 5.45. The third-order valence-corrected chi connectivity index (χ3v) is 3.19. The highest BCUT2D eigenvalue weighted by molar-refractivity contribution is 6.35. The van der Waals surface area contributed by atoms with Crippen LogP contribution in [0.1, 0.15) is 11.5 Å². The summed E-state index contributed by atoms with van der Waals surface area (Å²) in [5.41, 5.74) is 7.06. The highest BCUT2D eigenvalue weighted by Crippen LogP contribution is 2.31. The van der Waals surface area contributed by atoms with E-state index in [-0.39, 0.29) is 6.54 Å². The number of aliphatic carboxylic acids is 1. The molecule has 1 heterocycles. The molecule has 3 N–H and O–H groups in total. The van der Waals surface area contributed by atoms with Crippen molar-refractivity contribution in [3.05, 3.63) is 35.0 Å². The van der Waals surface area contributed by atoms with E-state index in [4.69, 9.17) is 22.4 Å². The number of carboxylic acids is 1. The average Bonchev–Trinajstić information content (AvgIpc) is 2.56. The fraction of sp³-hybridized carbons (Fsp3) is 0.250. The maximum absolute atomic E-state index is 11.2. The first-order chi connectivity index (χ1) is 8.06. The van der Waals surface area contributed by atoms with Crippen LogP contribution in [-0.2, 0) is 11.8 Å². The van der Waals surface area contributed by atoms with Gasteiger partial charge >= 0.3 is 5.97 Å². The summed E-state index contributed by atoms with van der Waals surface area (Å²) >= 11 is 6.08. The third-order valence-electron chi connectivity index (χ3n) is 2.89. The van der Waals surface area contributed by atoms with Crippen LogP contribution in [0.4, 0.5) is 0 Å².